The van der Waals surface area contributed by atoms with Crippen LogP contribution in [0.15, 0.2) is 0 Å². The molecule has 12 atom stereocenters. The highest BCUT2D eigenvalue weighted by Crippen LogP contribution is 2.69. The summed E-state index contributed by atoms with van der Waals surface area (Å²) in [5, 5.41) is 52.4. The van der Waals surface area contributed by atoms with Crippen molar-refractivity contribution in [2.24, 2.45) is 46.3 Å². The van der Waals surface area contributed by atoms with E-state index in [0.29, 0.717) is 12.8 Å². The Morgan fingerprint density at radius 2 is 1.74 bits per heavy atom. The molecule has 0 unspecified atom stereocenters. The quantitative estimate of drug-likeness (QED) is 0.450. The SMILES string of the molecule is CC[C@H]1[C@@H](O)[C@@H]2[C@H](C[C@H](O)[C@]3(C)[C@@H](CC[C@@H](O)C(=O)O)CC[C@@H]23)[C@@]2(C)CC[C@@H](O)C[C@@H]12. The van der Waals surface area contributed by atoms with Crippen LogP contribution >= 0.6 is 0 Å². The lowest BCUT2D eigenvalue weighted by atomic mass is 9.41. The van der Waals surface area contributed by atoms with Crippen molar-refractivity contribution in [2.45, 2.75) is 103 Å². The molecule has 0 aromatic carbocycles. The van der Waals surface area contributed by atoms with Gasteiger partial charge in [0.2, 0.25) is 0 Å². The van der Waals surface area contributed by atoms with E-state index in [-0.39, 0.29) is 58.9 Å². The molecular formula is C25H42O6. The normalized spacial score (nSPS) is 52.7. The van der Waals surface area contributed by atoms with Crippen LogP contribution in [0.3, 0.4) is 0 Å². The molecule has 6 heteroatoms. The standard InChI is InChI=1S/C25H42O6/c1-4-15-17-11-14(26)9-10-24(17,2)18-12-20(28)25(3)13(6-8-19(27)23(30)31)5-7-16(25)21(18)22(15)29/h13-22,26-29H,4-12H2,1-3H3,(H,30,31)/t13-,14-,15-,16+,17+,18+,19-,20+,21+,22-,24+,25-/m1/s1. The highest BCUT2D eigenvalue weighted by Gasteiger charge is 2.66. The Balaban J connectivity index is 1.63. The van der Waals surface area contributed by atoms with E-state index >= 15 is 0 Å². The van der Waals surface area contributed by atoms with Crippen molar-refractivity contribution in [3.8, 4) is 0 Å². The average molecular weight is 439 g/mol. The fourth-order valence-corrected chi connectivity index (χ4v) is 9.00. The van der Waals surface area contributed by atoms with Crippen LogP contribution in [0.5, 0.6) is 0 Å². The summed E-state index contributed by atoms with van der Waals surface area (Å²) in [7, 11) is 0. The third kappa shape index (κ3) is 3.48. The van der Waals surface area contributed by atoms with Gasteiger partial charge in [0.25, 0.3) is 0 Å². The second-order valence-corrected chi connectivity index (χ2v) is 11.7. The van der Waals surface area contributed by atoms with Gasteiger partial charge in [-0.25, -0.2) is 4.79 Å². The van der Waals surface area contributed by atoms with E-state index in [9.17, 15) is 25.2 Å². The minimum Gasteiger partial charge on any atom is -0.479 e. The Hall–Kier alpha value is -0.690. The molecule has 0 amide bonds. The van der Waals surface area contributed by atoms with Crippen LogP contribution in [0, 0.1) is 46.3 Å². The van der Waals surface area contributed by atoms with E-state index in [1.165, 1.54) is 0 Å². The molecule has 4 rings (SSSR count). The largest absolute Gasteiger partial charge is 0.479 e. The third-order valence-electron chi connectivity index (χ3n) is 10.8. The molecule has 4 fully saturated rings. The summed E-state index contributed by atoms with van der Waals surface area (Å²) in [5.41, 5.74) is -0.320. The zero-order chi connectivity index (χ0) is 22.7. The highest BCUT2D eigenvalue weighted by molar-refractivity contribution is 5.71. The van der Waals surface area contributed by atoms with Crippen LogP contribution in [0.25, 0.3) is 0 Å². The van der Waals surface area contributed by atoms with E-state index in [4.69, 9.17) is 5.11 Å². The van der Waals surface area contributed by atoms with Crippen molar-refractivity contribution >= 4 is 5.97 Å². The van der Waals surface area contributed by atoms with Crippen molar-refractivity contribution in [1.29, 1.82) is 0 Å². The molecule has 4 saturated carbocycles. The molecule has 31 heavy (non-hydrogen) atoms. The number of rotatable bonds is 5. The van der Waals surface area contributed by atoms with Crippen LogP contribution in [0.1, 0.15) is 78.6 Å². The zero-order valence-electron chi connectivity index (χ0n) is 19.3. The predicted molar refractivity (Wildman–Crippen MR) is 116 cm³/mol. The second kappa shape index (κ2) is 8.27. The van der Waals surface area contributed by atoms with Crippen LogP contribution in [-0.2, 0) is 4.79 Å². The van der Waals surface area contributed by atoms with Gasteiger partial charge in [0.05, 0.1) is 18.3 Å². The first-order valence-corrected chi connectivity index (χ1v) is 12.5. The van der Waals surface area contributed by atoms with Crippen molar-refractivity contribution in [3.63, 3.8) is 0 Å². The summed E-state index contributed by atoms with van der Waals surface area (Å²) in [6.45, 7) is 6.65. The summed E-state index contributed by atoms with van der Waals surface area (Å²) in [4.78, 5) is 11.1. The van der Waals surface area contributed by atoms with Gasteiger partial charge in [0.1, 0.15) is 0 Å². The van der Waals surface area contributed by atoms with E-state index < -0.39 is 24.3 Å². The van der Waals surface area contributed by atoms with E-state index in [2.05, 4.69) is 20.8 Å². The molecule has 0 aromatic rings. The topological polar surface area (TPSA) is 118 Å². The predicted octanol–water partition coefficient (Wildman–Crippen LogP) is 2.81. The minimum absolute atomic E-state index is 0.0314. The van der Waals surface area contributed by atoms with Gasteiger partial charge in [-0.2, -0.15) is 0 Å². The molecule has 0 aromatic heterocycles. The summed E-state index contributed by atoms with van der Waals surface area (Å²) < 4.78 is 0. The Kier molecular flexibility index (Phi) is 6.26. The van der Waals surface area contributed by atoms with E-state index in [0.717, 1.165) is 38.5 Å². The molecular weight excluding hydrogens is 396 g/mol. The number of aliphatic hydroxyl groups is 4. The molecule has 0 bridgehead atoms. The summed E-state index contributed by atoms with van der Waals surface area (Å²) in [5.74, 6) is 0.0419. The van der Waals surface area contributed by atoms with Crippen molar-refractivity contribution < 1.29 is 30.3 Å². The molecule has 0 heterocycles. The number of hydrogen-bond acceptors (Lipinski definition) is 5. The fourth-order valence-electron chi connectivity index (χ4n) is 9.00. The van der Waals surface area contributed by atoms with Crippen molar-refractivity contribution in [1.82, 2.24) is 0 Å². The maximum Gasteiger partial charge on any atom is 0.332 e. The number of carbonyl (C=O) groups is 1. The summed E-state index contributed by atoms with van der Waals surface area (Å²) >= 11 is 0. The molecule has 6 nitrogen and oxygen atoms in total. The lowest BCUT2D eigenvalue weighted by Gasteiger charge is -2.65. The van der Waals surface area contributed by atoms with E-state index in [1.54, 1.807) is 0 Å². The first-order chi connectivity index (χ1) is 14.6. The Morgan fingerprint density at radius 1 is 1.03 bits per heavy atom. The van der Waals surface area contributed by atoms with Gasteiger partial charge in [0, 0.05) is 0 Å². The molecule has 0 spiro atoms. The summed E-state index contributed by atoms with van der Waals surface area (Å²) in [6.07, 6.45) is 4.20. The van der Waals surface area contributed by atoms with Gasteiger partial charge in [-0.3, -0.25) is 0 Å². The number of carboxylic acid groups (broad SMARTS) is 1. The van der Waals surface area contributed by atoms with Crippen LogP contribution < -0.4 is 0 Å². The lowest BCUT2D eigenvalue weighted by molar-refractivity contribution is -0.226. The molecule has 4 aliphatic carbocycles. The summed E-state index contributed by atoms with van der Waals surface area (Å²) in [6, 6.07) is 0. The molecule has 0 aliphatic heterocycles. The van der Waals surface area contributed by atoms with Gasteiger partial charge in [-0.15, -0.1) is 0 Å². The van der Waals surface area contributed by atoms with Gasteiger partial charge >= 0.3 is 5.97 Å². The maximum absolute atomic E-state index is 11.6. The fraction of sp³-hybridized carbons (Fsp3) is 0.960. The smallest absolute Gasteiger partial charge is 0.332 e. The van der Waals surface area contributed by atoms with Gasteiger partial charge in [-0.05, 0) is 97.7 Å². The van der Waals surface area contributed by atoms with Crippen LogP contribution in [0.4, 0.5) is 0 Å². The molecule has 0 radical (unpaired) electrons. The average Bonchev–Trinajstić information content (AvgIpc) is 3.06. The number of fused-ring (bicyclic) bond motifs is 5. The second-order valence-electron chi connectivity index (χ2n) is 11.7. The van der Waals surface area contributed by atoms with Crippen molar-refractivity contribution in [2.75, 3.05) is 0 Å². The highest BCUT2D eigenvalue weighted by atomic mass is 16.4. The Morgan fingerprint density at radius 3 is 2.39 bits per heavy atom. The molecule has 5 N–H and O–H groups in total. The Labute approximate surface area is 186 Å². The number of aliphatic hydroxyl groups excluding tert-OH is 4. The number of hydrogen-bond donors (Lipinski definition) is 5. The third-order valence-corrected chi connectivity index (χ3v) is 10.8. The van der Waals surface area contributed by atoms with Crippen molar-refractivity contribution in [3.05, 3.63) is 0 Å². The van der Waals surface area contributed by atoms with Gasteiger partial charge < -0.3 is 25.5 Å². The molecule has 0 saturated heterocycles. The number of carboxylic acids is 1. The number of aliphatic carboxylic acids is 1. The first-order valence-electron chi connectivity index (χ1n) is 12.5. The molecule has 178 valence electrons. The first kappa shape index (κ1) is 23.5. The van der Waals surface area contributed by atoms with Gasteiger partial charge in [0.15, 0.2) is 6.10 Å². The van der Waals surface area contributed by atoms with Gasteiger partial charge in [-0.1, -0.05) is 27.2 Å². The monoisotopic (exact) mass is 438 g/mol. The minimum atomic E-state index is -1.35. The zero-order valence-corrected chi connectivity index (χ0v) is 19.3. The molecule has 4 aliphatic rings. The Bertz CT molecular complexity index is 683. The maximum atomic E-state index is 11.6. The van der Waals surface area contributed by atoms with E-state index in [1.807, 2.05) is 0 Å². The van der Waals surface area contributed by atoms with Crippen LogP contribution in [-0.4, -0.2) is 55.9 Å². The lowest BCUT2D eigenvalue weighted by Crippen LogP contribution is -2.64. The van der Waals surface area contributed by atoms with Crippen LogP contribution in [0.2, 0.25) is 0 Å².